The first kappa shape index (κ1) is 14.4. The molecular weight excluding hydrogens is 240 g/mol. The number of carbonyl (C=O) groups excluding carboxylic acids is 1. The van der Waals surface area contributed by atoms with Crippen LogP contribution in [-0.2, 0) is 14.4 Å². The van der Waals surface area contributed by atoms with Gasteiger partial charge < -0.3 is 21.3 Å². The number of nitrogens with two attached hydrogens (primary N) is 1. The van der Waals surface area contributed by atoms with Gasteiger partial charge in [0.25, 0.3) is 0 Å². The number of amides is 1. The van der Waals surface area contributed by atoms with Gasteiger partial charge in [-0.2, -0.15) is 0 Å². The maximum Gasteiger partial charge on any atom is 0.329 e. The van der Waals surface area contributed by atoms with Crippen LogP contribution < -0.4 is 11.1 Å². The van der Waals surface area contributed by atoms with Gasteiger partial charge in [0.2, 0.25) is 5.91 Å². The number of carboxylic acid groups (broad SMARTS) is 2. The molecule has 0 bridgehead atoms. The molecule has 0 aromatic rings. The van der Waals surface area contributed by atoms with Crippen molar-refractivity contribution in [3.05, 3.63) is 0 Å². The van der Waals surface area contributed by atoms with Crippen molar-refractivity contribution in [1.82, 2.24) is 5.32 Å². The molecule has 1 fully saturated rings. The number of rotatable bonds is 5. The molecule has 3 atom stereocenters. The Kier molecular flexibility index (Phi) is 4.28. The van der Waals surface area contributed by atoms with Gasteiger partial charge in [-0.25, -0.2) is 4.79 Å². The third kappa shape index (κ3) is 2.79. The van der Waals surface area contributed by atoms with Crippen LogP contribution in [0.5, 0.6) is 0 Å². The van der Waals surface area contributed by atoms with E-state index < -0.39 is 35.3 Å². The topological polar surface area (TPSA) is 130 Å². The molecule has 1 saturated carbocycles. The highest BCUT2D eigenvalue weighted by molar-refractivity contribution is 5.90. The van der Waals surface area contributed by atoms with Gasteiger partial charge in [0.1, 0.15) is 5.54 Å². The molecule has 0 heterocycles. The second kappa shape index (κ2) is 5.34. The summed E-state index contributed by atoms with van der Waals surface area (Å²) in [5.74, 6) is -3.44. The molecule has 1 amide bonds. The van der Waals surface area contributed by atoms with E-state index in [0.29, 0.717) is 12.8 Å². The van der Waals surface area contributed by atoms with Crippen molar-refractivity contribution in [3.63, 3.8) is 0 Å². The molecule has 102 valence electrons. The molecule has 7 nitrogen and oxygen atoms in total. The maximum atomic E-state index is 11.6. The van der Waals surface area contributed by atoms with Crippen LogP contribution in [0.25, 0.3) is 0 Å². The second-order valence-corrected chi connectivity index (χ2v) is 4.74. The second-order valence-electron chi connectivity index (χ2n) is 4.74. The molecule has 1 aliphatic carbocycles. The summed E-state index contributed by atoms with van der Waals surface area (Å²) in [5, 5.41) is 20.6. The normalized spacial score (nSPS) is 28.7. The van der Waals surface area contributed by atoms with Crippen LogP contribution in [0.4, 0.5) is 0 Å². The molecule has 2 unspecified atom stereocenters. The van der Waals surface area contributed by atoms with E-state index >= 15 is 0 Å². The fraction of sp³-hybridized carbons (Fsp3) is 0.727. The highest BCUT2D eigenvalue weighted by Gasteiger charge is 2.51. The number of carboxylic acids is 2. The van der Waals surface area contributed by atoms with Crippen LogP contribution in [0.3, 0.4) is 0 Å². The van der Waals surface area contributed by atoms with Crippen LogP contribution in [0.1, 0.15) is 32.6 Å². The van der Waals surface area contributed by atoms with Gasteiger partial charge in [0.15, 0.2) is 0 Å². The summed E-state index contributed by atoms with van der Waals surface area (Å²) < 4.78 is 0. The predicted molar refractivity (Wildman–Crippen MR) is 61.8 cm³/mol. The quantitative estimate of drug-likeness (QED) is 0.528. The molecule has 0 aliphatic heterocycles. The first-order valence-electron chi connectivity index (χ1n) is 5.82. The van der Waals surface area contributed by atoms with Gasteiger partial charge in [-0.15, -0.1) is 0 Å². The first-order valence-corrected chi connectivity index (χ1v) is 5.82. The fourth-order valence-corrected chi connectivity index (χ4v) is 2.40. The number of carbonyl (C=O) groups is 3. The maximum absolute atomic E-state index is 11.6. The van der Waals surface area contributed by atoms with E-state index in [9.17, 15) is 19.5 Å². The van der Waals surface area contributed by atoms with Crippen molar-refractivity contribution < 1.29 is 24.6 Å². The number of hydrogen-bond acceptors (Lipinski definition) is 4. The molecule has 0 radical (unpaired) electrons. The molecule has 0 aromatic carbocycles. The van der Waals surface area contributed by atoms with Crippen molar-refractivity contribution in [2.75, 3.05) is 0 Å². The Morgan fingerprint density at radius 2 is 2.06 bits per heavy atom. The van der Waals surface area contributed by atoms with Gasteiger partial charge >= 0.3 is 11.9 Å². The van der Waals surface area contributed by atoms with Gasteiger partial charge in [-0.1, -0.05) is 6.42 Å². The monoisotopic (exact) mass is 258 g/mol. The average molecular weight is 258 g/mol. The van der Waals surface area contributed by atoms with Gasteiger partial charge in [-0.3, -0.25) is 9.59 Å². The molecule has 18 heavy (non-hydrogen) atoms. The lowest BCUT2D eigenvalue weighted by atomic mass is 9.84. The summed E-state index contributed by atoms with van der Waals surface area (Å²) in [5.41, 5.74) is 3.90. The predicted octanol–water partition coefficient (Wildman–Crippen LogP) is -0.452. The number of aliphatic carboxylic acids is 2. The highest BCUT2D eigenvalue weighted by Crippen LogP contribution is 2.38. The van der Waals surface area contributed by atoms with Crippen molar-refractivity contribution >= 4 is 17.8 Å². The molecule has 0 saturated heterocycles. The van der Waals surface area contributed by atoms with Gasteiger partial charge in [0, 0.05) is 5.92 Å². The van der Waals surface area contributed by atoms with E-state index in [-0.39, 0.29) is 12.8 Å². The minimum atomic E-state index is -1.50. The summed E-state index contributed by atoms with van der Waals surface area (Å²) in [6.45, 7) is 1.45. The molecule has 0 aromatic heterocycles. The molecular formula is C11H18N2O5. The first-order chi connectivity index (χ1) is 8.29. The van der Waals surface area contributed by atoms with Crippen LogP contribution in [0.2, 0.25) is 0 Å². The zero-order valence-corrected chi connectivity index (χ0v) is 10.2. The van der Waals surface area contributed by atoms with E-state index in [1.807, 2.05) is 0 Å². The lowest BCUT2D eigenvalue weighted by Gasteiger charge is -2.32. The SMILES string of the molecule is CC(N)C(=O)N[C@@]1(C(=O)O)CCCC1CC(=O)O. The Morgan fingerprint density at radius 3 is 2.50 bits per heavy atom. The molecule has 7 heteroatoms. The van der Waals surface area contributed by atoms with Crippen LogP contribution in [0.15, 0.2) is 0 Å². The van der Waals surface area contributed by atoms with Crippen molar-refractivity contribution in [3.8, 4) is 0 Å². The summed E-state index contributed by atoms with van der Waals surface area (Å²) in [6.07, 6.45) is 1.01. The zero-order valence-electron chi connectivity index (χ0n) is 10.2. The summed E-state index contributed by atoms with van der Waals surface area (Å²) in [6, 6.07) is -0.827. The fourth-order valence-electron chi connectivity index (χ4n) is 2.40. The van der Waals surface area contributed by atoms with Crippen LogP contribution >= 0.6 is 0 Å². The van der Waals surface area contributed by atoms with Crippen LogP contribution in [0, 0.1) is 5.92 Å². The third-order valence-corrected chi connectivity index (χ3v) is 3.38. The standard InChI is InChI=1S/C11H18N2O5/c1-6(12)9(16)13-11(10(17)18)4-2-3-7(11)5-8(14)15/h6-7H,2-5,12H2,1H3,(H,13,16)(H,14,15)(H,17,18)/t6?,7?,11-/m0/s1. The van der Waals surface area contributed by atoms with E-state index in [1.165, 1.54) is 6.92 Å². The largest absolute Gasteiger partial charge is 0.481 e. The third-order valence-electron chi connectivity index (χ3n) is 3.38. The summed E-state index contributed by atoms with van der Waals surface area (Å²) >= 11 is 0. The minimum absolute atomic E-state index is 0.235. The smallest absolute Gasteiger partial charge is 0.329 e. The Morgan fingerprint density at radius 1 is 1.44 bits per heavy atom. The molecule has 5 N–H and O–H groups in total. The van der Waals surface area contributed by atoms with Gasteiger partial charge in [-0.05, 0) is 19.8 Å². The summed E-state index contributed by atoms with van der Waals surface area (Å²) in [4.78, 5) is 33.8. The lowest BCUT2D eigenvalue weighted by Crippen LogP contribution is -2.60. The summed E-state index contributed by atoms with van der Waals surface area (Å²) in [7, 11) is 0. The van der Waals surface area contributed by atoms with E-state index in [1.54, 1.807) is 0 Å². The van der Waals surface area contributed by atoms with E-state index in [4.69, 9.17) is 10.8 Å². The Hall–Kier alpha value is -1.63. The lowest BCUT2D eigenvalue weighted by molar-refractivity contribution is -0.151. The zero-order chi connectivity index (χ0) is 13.9. The number of hydrogen-bond donors (Lipinski definition) is 4. The molecule has 0 spiro atoms. The number of nitrogens with one attached hydrogen (secondary N) is 1. The Balaban J connectivity index is 2.95. The van der Waals surface area contributed by atoms with Crippen molar-refractivity contribution in [2.45, 2.75) is 44.2 Å². The van der Waals surface area contributed by atoms with E-state index in [0.717, 1.165) is 0 Å². The van der Waals surface area contributed by atoms with Crippen molar-refractivity contribution in [2.24, 2.45) is 11.7 Å². The molecule has 1 rings (SSSR count). The Bertz CT molecular complexity index is 368. The van der Waals surface area contributed by atoms with Crippen molar-refractivity contribution in [1.29, 1.82) is 0 Å². The van der Waals surface area contributed by atoms with E-state index in [2.05, 4.69) is 5.32 Å². The van der Waals surface area contributed by atoms with Gasteiger partial charge in [0.05, 0.1) is 12.5 Å². The highest BCUT2D eigenvalue weighted by atomic mass is 16.4. The van der Waals surface area contributed by atoms with Crippen LogP contribution in [-0.4, -0.2) is 39.6 Å². The minimum Gasteiger partial charge on any atom is -0.481 e. The molecule has 1 aliphatic rings. The Labute approximate surface area is 104 Å². The average Bonchev–Trinajstić information content (AvgIpc) is 2.61.